The summed E-state index contributed by atoms with van der Waals surface area (Å²) in [5, 5.41) is -0.0396. The fraction of sp³-hybridized carbons (Fsp3) is 0.417. The van der Waals surface area contributed by atoms with Gasteiger partial charge in [0.05, 0.1) is 10.1 Å². The molecule has 1 aliphatic carbocycles. The molecule has 0 aromatic carbocycles. The Morgan fingerprint density at radius 3 is 1.53 bits per heavy atom. The molecule has 0 heterocycles. The molecule has 0 spiro atoms. The van der Waals surface area contributed by atoms with Gasteiger partial charge in [-0.1, -0.05) is 23.2 Å². The van der Waals surface area contributed by atoms with Gasteiger partial charge in [-0.25, -0.2) is 0 Å². The van der Waals surface area contributed by atoms with Crippen molar-refractivity contribution in [3.05, 3.63) is 21.6 Å². The second-order valence-corrected chi connectivity index (χ2v) is 5.18. The third-order valence-corrected chi connectivity index (χ3v) is 3.69. The van der Waals surface area contributed by atoms with Crippen molar-refractivity contribution in [3.8, 4) is 0 Å². The molecule has 0 amide bonds. The molecule has 1 aliphatic rings. The zero-order valence-electron chi connectivity index (χ0n) is 10.8. The van der Waals surface area contributed by atoms with E-state index in [1.165, 1.54) is 0 Å². The Bertz CT molecular complexity index is 484. The molecule has 0 atom stereocenters. The summed E-state index contributed by atoms with van der Waals surface area (Å²) in [5.74, 6) is -3.01. The molecule has 0 aromatic rings. The number of Topliss-reactive ketones (excluding diaryl/α,β-unsaturated/α-hetero) is 1. The molecule has 104 valence electrons. The molecule has 0 saturated carbocycles. The monoisotopic (exact) mass is 306 g/mol. The molecule has 0 aromatic heterocycles. The van der Waals surface area contributed by atoms with E-state index in [4.69, 9.17) is 32.7 Å². The number of allylic oxidation sites excluding steroid dienone is 2. The first-order chi connectivity index (χ1) is 8.59. The predicted octanol–water partition coefficient (Wildman–Crippen LogP) is 2.62. The molecule has 0 N–H and O–H groups in total. The summed E-state index contributed by atoms with van der Waals surface area (Å²) >= 11 is 12.1. The van der Waals surface area contributed by atoms with Crippen LogP contribution in [-0.4, -0.2) is 17.7 Å². The quantitative estimate of drug-likeness (QED) is 0.733. The molecule has 0 radical (unpaired) electrons. The highest BCUT2D eigenvalue weighted by molar-refractivity contribution is 6.40. The van der Waals surface area contributed by atoms with Crippen molar-refractivity contribution in [2.75, 3.05) is 0 Å². The first kappa shape index (κ1) is 15.7. The predicted molar refractivity (Wildman–Crippen MR) is 68.1 cm³/mol. The van der Waals surface area contributed by atoms with Crippen LogP contribution in [0.15, 0.2) is 21.6 Å². The normalized spacial score (nSPS) is 18.5. The van der Waals surface area contributed by atoms with Crippen LogP contribution in [0.25, 0.3) is 0 Å². The SMILES string of the molecule is CC(=O)OC1=C(Cl)C(C)(C)C(Cl)=C(OC(C)=O)C1=O. The average molecular weight is 307 g/mol. The van der Waals surface area contributed by atoms with Crippen LogP contribution in [0, 0.1) is 5.41 Å². The van der Waals surface area contributed by atoms with Gasteiger partial charge >= 0.3 is 11.9 Å². The minimum Gasteiger partial charge on any atom is -0.421 e. The molecular weight excluding hydrogens is 295 g/mol. The Hall–Kier alpha value is -1.33. The number of esters is 2. The maximum absolute atomic E-state index is 12.1. The van der Waals surface area contributed by atoms with E-state index in [0.717, 1.165) is 13.8 Å². The maximum atomic E-state index is 12.1. The van der Waals surface area contributed by atoms with Crippen LogP contribution in [0.5, 0.6) is 0 Å². The lowest BCUT2D eigenvalue weighted by Crippen LogP contribution is -2.29. The van der Waals surface area contributed by atoms with Crippen molar-refractivity contribution in [3.63, 3.8) is 0 Å². The molecule has 1 rings (SSSR count). The number of carbonyl (C=O) groups is 3. The highest BCUT2D eigenvalue weighted by Crippen LogP contribution is 2.47. The molecule has 0 saturated heterocycles. The van der Waals surface area contributed by atoms with E-state index in [9.17, 15) is 14.4 Å². The minimum atomic E-state index is -0.993. The summed E-state index contributed by atoms with van der Waals surface area (Å²) in [4.78, 5) is 34.1. The van der Waals surface area contributed by atoms with Crippen molar-refractivity contribution < 1.29 is 23.9 Å². The Labute approximate surface area is 120 Å². The summed E-state index contributed by atoms with van der Waals surface area (Å²) in [5.41, 5.74) is -0.993. The minimum absolute atomic E-state index is 0.0198. The highest BCUT2D eigenvalue weighted by Gasteiger charge is 2.43. The van der Waals surface area contributed by atoms with Gasteiger partial charge in [0, 0.05) is 19.3 Å². The Kier molecular flexibility index (Phi) is 4.43. The summed E-state index contributed by atoms with van der Waals surface area (Å²) in [7, 11) is 0. The first-order valence-electron chi connectivity index (χ1n) is 5.31. The topological polar surface area (TPSA) is 69.7 Å². The lowest BCUT2D eigenvalue weighted by molar-refractivity contribution is -0.143. The van der Waals surface area contributed by atoms with Gasteiger partial charge in [0.1, 0.15) is 0 Å². The number of carbonyl (C=O) groups excluding carboxylic acids is 3. The van der Waals surface area contributed by atoms with E-state index in [-0.39, 0.29) is 21.6 Å². The van der Waals surface area contributed by atoms with Crippen molar-refractivity contribution >= 4 is 40.9 Å². The molecule has 0 unspecified atom stereocenters. The molecule has 0 fully saturated rings. The summed E-state index contributed by atoms with van der Waals surface area (Å²) in [6, 6.07) is 0. The van der Waals surface area contributed by atoms with Gasteiger partial charge in [-0.2, -0.15) is 0 Å². The maximum Gasteiger partial charge on any atom is 0.308 e. The van der Waals surface area contributed by atoms with Crippen molar-refractivity contribution in [2.45, 2.75) is 27.7 Å². The molecule has 5 nitrogen and oxygen atoms in total. The van der Waals surface area contributed by atoms with Crippen LogP contribution >= 0.6 is 23.2 Å². The van der Waals surface area contributed by atoms with E-state index in [1.807, 2.05) is 0 Å². The van der Waals surface area contributed by atoms with E-state index in [2.05, 4.69) is 0 Å². The number of hydrogen-bond donors (Lipinski definition) is 0. The van der Waals surface area contributed by atoms with Crippen LogP contribution < -0.4 is 0 Å². The lowest BCUT2D eigenvalue weighted by Gasteiger charge is -2.30. The number of ketones is 1. The largest absolute Gasteiger partial charge is 0.421 e. The van der Waals surface area contributed by atoms with Crippen LogP contribution in [0.1, 0.15) is 27.7 Å². The van der Waals surface area contributed by atoms with Crippen LogP contribution in [0.3, 0.4) is 0 Å². The van der Waals surface area contributed by atoms with Crippen molar-refractivity contribution in [2.24, 2.45) is 5.41 Å². The number of ether oxygens (including phenoxy) is 2. The fourth-order valence-electron chi connectivity index (χ4n) is 1.44. The van der Waals surface area contributed by atoms with Gasteiger partial charge in [0.15, 0.2) is 11.5 Å². The average Bonchev–Trinajstić information content (AvgIpc) is 2.28. The fourth-order valence-corrected chi connectivity index (χ4v) is 1.92. The Balaban J connectivity index is 3.37. The molecule has 7 heteroatoms. The molecule has 19 heavy (non-hydrogen) atoms. The van der Waals surface area contributed by atoms with E-state index >= 15 is 0 Å². The van der Waals surface area contributed by atoms with Gasteiger partial charge in [-0.3, -0.25) is 14.4 Å². The molecular formula is C12H12Cl2O5. The number of hydrogen-bond acceptors (Lipinski definition) is 5. The van der Waals surface area contributed by atoms with E-state index < -0.39 is 23.1 Å². The van der Waals surface area contributed by atoms with E-state index in [0.29, 0.717) is 0 Å². The molecule has 0 bridgehead atoms. The zero-order chi connectivity index (χ0) is 15.0. The van der Waals surface area contributed by atoms with Gasteiger partial charge < -0.3 is 9.47 Å². The third-order valence-electron chi connectivity index (χ3n) is 2.40. The number of rotatable bonds is 2. The highest BCUT2D eigenvalue weighted by atomic mass is 35.5. The van der Waals surface area contributed by atoms with E-state index in [1.54, 1.807) is 13.8 Å². The standard InChI is InChI=1S/C12H12Cl2O5/c1-5(15)18-8-7(17)9(19-6(2)16)11(14)12(3,4)10(8)13/h1-4H3. The summed E-state index contributed by atoms with van der Waals surface area (Å²) in [6.07, 6.45) is 0. The van der Waals surface area contributed by atoms with Crippen LogP contribution in [0.2, 0.25) is 0 Å². The summed E-state index contributed by atoms with van der Waals surface area (Å²) in [6.45, 7) is 5.47. The number of halogens is 2. The Morgan fingerprint density at radius 2 is 1.26 bits per heavy atom. The van der Waals surface area contributed by atoms with Gasteiger partial charge in [0.2, 0.25) is 0 Å². The zero-order valence-corrected chi connectivity index (χ0v) is 12.3. The van der Waals surface area contributed by atoms with Crippen LogP contribution in [-0.2, 0) is 23.9 Å². The Morgan fingerprint density at radius 1 is 0.947 bits per heavy atom. The van der Waals surface area contributed by atoms with Gasteiger partial charge in [-0.05, 0) is 13.8 Å². The second-order valence-electron chi connectivity index (χ2n) is 4.43. The first-order valence-corrected chi connectivity index (χ1v) is 6.06. The third kappa shape index (κ3) is 2.98. The van der Waals surface area contributed by atoms with Crippen molar-refractivity contribution in [1.82, 2.24) is 0 Å². The lowest BCUT2D eigenvalue weighted by atomic mass is 9.85. The summed E-state index contributed by atoms with van der Waals surface area (Å²) < 4.78 is 9.57. The van der Waals surface area contributed by atoms with Crippen molar-refractivity contribution in [1.29, 1.82) is 0 Å². The van der Waals surface area contributed by atoms with Gasteiger partial charge in [0.25, 0.3) is 5.78 Å². The molecule has 0 aliphatic heterocycles. The van der Waals surface area contributed by atoms with Gasteiger partial charge in [-0.15, -0.1) is 0 Å². The second kappa shape index (κ2) is 5.35. The smallest absolute Gasteiger partial charge is 0.308 e. The van der Waals surface area contributed by atoms with Crippen LogP contribution in [0.4, 0.5) is 0 Å².